The average molecular weight is 350 g/mol. The minimum atomic E-state index is -1.75. The van der Waals surface area contributed by atoms with E-state index in [2.05, 4.69) is 38.1 Å². The van der Waals surface area contributed by atoms with Crippen LogP contribution in [0.15, 0.2) is 11.6 Å². The van der Waals surface area contributed by atoms with Gasteiger partial charge in [-0.25, -0.2) is 0 Å². The lowest BCUT2D eigenvalue weighted by Crippen LogP contribution is -2.75. The zero-order valence-electron chi connectivity index (χ0n) is 15.5. The summed E-state index contributed by atoms with van der Waals surface area (Å²) < 4.78 is 11.9. The number of nitrogens with zero attached hydrogens (tertiary/aromatic N) is 3. The topological polar surface area (TPSA) is 114 Å². The third-order valence-corrected chi connectivity index (χ3v) is 7.81. The van der Waals surface area contributed by atoms with E-state index in [4.69, 9.17) is 14.9 Å². The normalized spacial score (nSPS) is 46.7. The van der Waals surface area contributed by atoms with E-state index < -0.39 is 28.6 Å². The van der Waals surface area contributed by atoms with Gasteiger partial charge in [0.15, 0.2) is 10.8 Å². The fourth-order valence-electron chi connectivity index (χ4n) is 5.66. The number of rotatable bonds is 1. The highest BCUT2D eigenvalue weighted by Crippen LogP contribution is 2.67. The van der Waals surface area contributed by atoms with Gasteiger partial charge in [0.2, 0.25) is 11.7 Å². The molecule has 3 saturated heterocycles. The number of allylic oxidation sites excluding steroid dienone is 1. The van der Waals surface area contributed by atoms with Crippen LogP contribution < -0.4 is 0 Å². The minimum Gasteiger partial charge on any atom is -0.448 e. The molecule has 3 aliphatic heterocycles. The third-order valence-electron chi connectivity index (χ3n) is 7.81. The van der Waals surface area contributed by atoms with Crippen LogP contribution in [0.3, 0.4) is 0 Å². The number of ether oxygens (including phenoxy) is 2. The molecule has 134 valence electrons. The second-order valence-electron chi connectivity index (χ2n) is 8.86. The molecule has 6 atom stereocenters. The van der Waals surface area contributed by atoms with E-state index in [0.717, 1.165) is 18.4 Å². The van der Waals surface area contributed by atoms with Crippen LogP contribution >= 0.6 is 0 Å². The molecule has 6 nitrogen and oxygen atoms in total. The highest BCUT2D eigenvalue weighted by Gasteiger charge is 2.79. The maximum absolute atomic E-state index is 10.2. The molecule has 0 amide bonds. The Hall–Kier alpha value is -2.36. The first-order chi connectivity index (χ1) is 12.1. The van der Waals surface area contributed by atoms with Crippen molar-refractivity contribution in [1.82, 2.24) is 0 Å². The monoisotopic (exact) mass is 350 g/mol. The van der Waals surface area contributed by atoms with Gasteiger partial charge in [-0.15, -0.1) is 0 Å². The summed E-state index contributed by atoms with van der Waals surface area (Å²) in [5, 5.41) is 38.7. The molecule has 0 radical (unpaired) electrons. The van der Waals surface area contributed by atoms with Crippen LogP contribution in [-0.4, -0.2) is 17.8 Å². The van der Waals surface area contributed by atoms with E-state index in [1.54, 1.807) is 13.8 Å². The molecule has 0 aromatic heterocycles. The average Bonchev–Trinajstić information content (AvgIpc) is 2.63. The van der Waals surface area contributed by atoms with Crippen molar-refractivity contribution in [2.24, 2.45) is 34.0 Å². The van der Waals surface area contributed by atoms with Gasteiger partial charge in [-0.3, -0.25) is 5.41 Å². The fraction of sp³-hybridized carbons (Fsp3) is 0.700. The van der Waals surface area contributed by atoms with Crippen LogP contribution in [0.25, 0.3) is 0 Å². The number of fused-ring (bicyclic) bond motifs is 5. The van der Waals surface area contributed by atoms with E-state index in [1.165, 1.54) is 0 Å². The molecule has 4 fully saturated rings. The summed E-state index contributed by atoms with van der Waals surface area (Å²) in [5.41, 5.74) is -2.39. The van der Waals surface area contributed by atoms with Gasteiger partial charge in [0.25, 0.3) is 0 Å². The molecule has 1 N–H and O–H groups in total. The van der Waals surface area contributed by atoms with E-state index in [0.29, 0.717) is 5.92 Å². The molecule has 0 spiro atoms. The second kappa shape index (κ2) is 4.67. The van der Waals surface area contributed by atoms with E-state index in [9.17, 15) is 15.8 Å². The van der Waals surface area contributed by atoms with Gasteiger partial charge < -0.3 is 9.47 Å². The number of hydrogen-bond acceptors (Lipinski definition) is 6. The third kappa shape index (κ3) is 1.49. The molecular formula is C20H22N4O2. The van der Waals surface area contributed by atoms with Gasteiger partial charge in [0, 0.05) is 6.92 Å². The van der Waals surface area contributed by atoms with E-state index >= 15 is 0 Å². The molecular weight excluding hydrogens is 328 g/mol. The van der Waals surface area contributed by atoms with Crippen LogP contribution in [0, 0.1) is 73.4 Å². The lowest BCUT2D eigenvalue weighted by Gasteiger charge is -2.64. The summed E-state index contributed by atoms with van der Waals surface area (Å²) in [6, 6.07) is 6.35. The second-order valence-corrected chi connectivity index (χ2v) is 8.86. The van der Waals surface area contributed by atoms with Gasteiger partial charge in [-0.05, 0) is 35.7 Å². The smallest absolute Gasteiger partial charge is 0.215 e. The summed E-state index contributed by atoms with van der Waals surface area (Å²) in [4.78, 5) is 0. The van der Waals surface area contributed by atoms with Crippen LogP contribution in [0.1, 0.15) is 40.5 Å². The Morgan fingerprint density at radius 1 is 1.15 bits per heavy atom. The molecule has 1 saturated carbocycles. The van der Waals surface area contributed by atoms with Gasteiger partial charge in [-0.1, -0.05) is 26.8 Å². The van der Waals surface area contributed by atoms with Crippen molar-refractivity contribution in [3.05, 3.63) is 11.6 Å². The lowest BCUT2D eigenvalue weighted by atomic mass is 9.44. The first kappa shape index (κ1) is 17.1. The Bertz CT molecular complexity index is 856. The van der Waals surface area contributed by atoms with Crippen molar-refractivity contribution in [2.75, 3.05) is 0 Å². The van der Waals surface area contributed by atoms with Crippen LogP contribution in [-0.2, 0) is 9.47 Å². The Kier molecular flexibility index (Phi) is 3.07. The predicted octanol–water partition coefficient (Wildman–Crippen LogP) is 3.28. The molecule has 0 aromatic rings. The number of hydrogen-bond donors (Lipinski definition) is 1. The molecule has 6 rings (SSSR count). The van der Waals surface area contributed by atoms with Crippen molar-refractivity contribution in [3.63, 3.8) is 0 Å². The van der Waals surface area contributed by atoms with Gasteiger partial charge in [-0.2, -0.15) is 15.8 Å². The fourth-order valence-corrected chi connectivity index (χ4v) is 5.66. The van der Waals surface area contributed by atoms with Crippen molar-refractivity contribution in [3.8, 4) is 18.2 Å². The molecule has 0 aromatic carbocycles. The standard InChI is InChI=1S/C20H22N4O2/c1-11-18(4)25-15(13-6-5-12-7-14(13)17(12,2)3)20(10-23,16(24)26-18)19(11,8-21)9-22/h6,11-12,14-15,24H,5,7H2,1-4H3/t11-,12-,14-,15+,18+,20-/m0/s1. The molecule has 26 heavy (non-hydrogen) atoms. The first-order valence-corrected chi connectivity index (χ1v) is 9.04. The van der Waals surface area contributed by atoms with E-state index in [1.807, 2.05) is 0 Å². The maximum Gasteiger partial charge on any atom is 0.215 e. The van der Waals surface area contributed by atoms with Crippen molar-refractivity contribution < 1.29 is 9.47 Å². The summed E-state index contributed by atoms with van der Waals surface area (Å²) in [6.45, 7) is 7.79. The predicted molar refractivity (Wildman–Crippen MR) is 91.0 cm³/mol. The molecule has 3 aliphatic carbocycles. The van der Waals surface area contributed by atoms with Crippen molar-refractivity contribution >= 4 is 5.90 Å². The molecule has 0 unspecified atom stereocenters. The molecule has 6 aliphatic rings. The van der Waals surface area contributed by atoms with Crippen LogP contribution in [0.4, 0.5) is 0 Å². The van der Waals surface area contributed by atoms with Crippen molar-refractivity contribution in [2.45, 2.75) is 52.4 Å². The van der Waals surface area contributed by atoms with Crippen LogP contribution in [0.5, 0.6) is 0 Å². The van der Waals surface area contributed by atoms with Gasteiger partial charge in [0.1, 0.15) is 6.10 Å². The Morgan fingerprint density at radius 2 is 1.81 bits per heavy atom. The first-order valence-electron chi connectivity index (χ1n) is 9.04. The molecule has 6 heteroatoms. The Balaban J connectivity index is 1.94. The Morgan fingerprint density at radius 3 is 2.31 bits per heavy atom. The zero-order valence-corrected chi connectivity index (χ0v) is 15.5. The highest BCUT2D eigenvalue weighted by molar-refractivity contribution is 5.89. The van der Waals surface area contributed by atoms with Gasteiger partial charge >= 0.3 is 0 Å². The minimum absolute atomic E-state index is 0.0955. The number of nitriles is 3. The SMILES string of the molecule is C[C@@H]1C(C#N)(C#N)[C@]2(C#N)C(=N)O[C@@]1(C)O[C@@H]2C1=CC[C@H]2C[C@@H]1C2(C)C. The zero-order chi connectivity index (χ0) is 19.1. The van der Waals surface area contributed by atoms with E-state index in [-0.39, 0.29) is 17.2 Å². The summed E-state index contributed by atoms with van der Waals surface area (Å²) in [5.74, 6) is -1.42. The molecule has 3 heterocycles. The maximum atomic E-state index is 10.2. The van der Waals surface area contributed by atoms with Crippen molar-refractivity contribution in [1.29, 1.82) is 21.2 Å². The van der Waals surface area contributed by atoms with Gasteiger partial charge in [0.05, 0.1) is 24.1 Å². The summed E-state index contributed by atoms with van der Waals surface area (Å²) in [6.07, 6.45) is 3.22. The summed E-state index contributed by atoms with van der Waals surface area (Å²) in [7, 11) is 0. The lowest BCUT2D eigenvalue weighted by molar-refractivity contribution is -0.329. The molecule has 4 bridgehead atoms. The quantitative estimate of drug-likeness (QED) is 0.729. The Labute approximate surface area is 153 Å². The number of nitrogens with one attached hydrogen (secondary N) is 1. The summed E-state index contributed by atoms with van der Waals surface area (Å²) >= 11 is 0. The van der Waals surface area contributed by atoms with Crippen LogP contribution in [0.2, 0.25) is 0 Å². The highest BCUT2D eigenvalue weighted by atomic mass is 16.7. The largest absolute Gasteiger partial charge is 0.448 e.